The number of hydrogen-bond acceptors (Lipinski definition) is 5. The number of aliphatic hydroxyl groups is 1. The van der Waals surface area contributed by atoms with E-state index in [2.05, 4.69) is 0 Å². The Balaban J connectivity index is 0.00000289. The molecular formula is C12H15NaO5. The minimum atomic E-state index is -1.18. The van der Waals surface area contributed by atoms with E-state index in [1.54, 1.807) is 18.2 Å². The van der Waals surface area contributed by atoms with Crippen LogP contribution in [0.5, 0.6) is 11.5 Å². The molecule has 0 bridgehead atoms. The molecule has 0 radical (unpaired) electrons. The molecule has 1 unspecified atom stereocenters. The van der Waals surface area contributed by atoms with E-state index in [4.69, 9.17) is 9.47 Å². The predicted molar refractivity (Wildman–Crippen MR) is 58.7 cm³/mol. The maximum Gasteiger partial charge on any atom is 1.00 e. The molecule has 1 N–H and O–H groups in total. The van der Waals surface area contributed by atoms with Gasteiger partial charge in [0.25, 0.3) is 0 Å². The first kappa shape index (κ1) is 17.2. The molecule has 0 fully saturated rings. The van der Waals surface area contributed by atoms with Gasteiger partial charge in [-0.25, -0.2) is 0 Å². The van der Waals surface area contributed by atoms with Crippen LogP contribution in [0, 0.1) is 0 Å². The number of carboxylic acid groups (broad SMARTS) is 1. The van der Waals surface area contributed by atoms with Crippen LogP contribution >= 0.6 is 0 Å². The number of methoxy groups -OCH3 is 2. The van der Waals surface area contributed by atoms with E-state index in [0.29, 0.717) is 17.1 Å². The summed E-state index contributed by atoms with van der Waals surface area (Å²) in [6, 6.07) is 4.95. The summed E-state index contributed by atoms with van der Waals surface area (Å²) in [4.78, 5) is 10.3. The average molecular weight is 262 g/mol. The van der Waals surface area contributed by atoms with Gasteiger partial charge in [0.15, 0.2) is 11.5 Å². The monoisotopic (exact) mass is 262 g/mol. The zero-order valence-corrected chi connectivity index (χ0v) is 12.8. The van der Waals surface area contributed by atoms with Crippen molar-refractivity contribution in [3.63, 3.8) is 0 Å². The third kappa shape index (κ3) is 4.86. The summed E-state index contributed by atoms with van der Waals surface area (Å²) in [6.07, 6.45) is -0.930. The molecule has 0 heterocycles. The molecule has 0 saturated carbocycles. The van der Waals surface area contributed by atoms with E-state index in [0.717, 1.165) is 0 Å². The quantitative estimate of drug-likeness (QED) is 0.563. The number of aliphatic hydroxyl groups excluding tert-OH is 1. The molecule has 1 atom stereocenters. The fraction of sp³-hybridized carbons (Fsp3) is 0.417. The Morgan fingerprint density at radius 3 is 2.44 bits per heavy atom. The second-order valence-electron chi connectivity index (χ2n) is 3.54. The van der Waals surface area contributed by atoms with Gasteiger partial charge in [-0.05, 0) is 30.5 Å². The van der Waals surface area contributed by atoms with Gasteiger partial charge in [-0.15, -0.1) is 0 Å². The van der Waals surface area contributed by atoms with Crippen molar-refractivity contribution in [2.45, 2.75) is 18.9 Å². The molecule has 0 aromatic heterocycles. The van der Waals surface area contributed by atoms with Gasteiger partial charge in [0.1, 0.15) is 0 Å². The zero-order chi connectivity index (χ0) is 12.8. The van der Waals surface area contributed by atoms with E-state index in [1.807, 2.05) is 0 Å². The van der Waals surface area contributed by atoms with Crippen LogP contribution in [0.15, 0.2) is 18.2 Å². The summed E-state index contributed by atoms with van der Waals surface area (Å²) in [7, 11) is 3.01. The molecule has 1 aromatic rings. The molecular weight excluding hydrogens is 247 g/mol. The van der Waals surface area contributed by atoms with Crippen LogP contribution in [0.4, 0.5) is 0 Å². The van der Waals surface area contributed by atoms with Crippen molar-refractivity contribution in [3.8, 4) is 11.5 Å². The van der Waals surface area contributed by atoms with Crippen LogP contribution < -0.4 is 44.1 Å². The second kappa shape index (κ2) is 8.37. The van der Waals surface area contributed by atoms with E-state index in [-0.39, 0.29) is 42.4 Å². The normalized spacial score (nSPS) is 11.3. The van der Waals surface area contributed by atoms with Crippen molar-refractivity contribution < 1.29 is 54.0 Å². The Hall–Kier alpha value is -0.750. The molecule has 1 aromatic carbocycles. The van der Waals surface area contributed by atoms with Gasteiger partial charge >= 0.3 is 29.6 Å². The molecule has 5 nitrogen and oxygen atoms in total. The van der Waals surface area contributed by atoms with Gasteiger partial charge < -0.3 is 24.5 Å². The first-order valence-electron chi connectivity index (χ1n) is 5.18. The molecule has 0 amide bonds. The summed E-state index contributed by atoms with van der Waals surface area (Å²) in [5, 5.41) is 20.1. The Bertz CT molecular complexity index is 394. The fourth-order valence-corrected chi connectivity index (χ4v) is 1.48. The number of benzene rings is 1. The van der Waals surface area contributed by atoms with Crippen LogP contribution in [0.25, 0.3) is 0 Å². The zero-order valence-electron chi connectivity index (χ0n) is 10.8. The first-order valence-corrected chi connectivity index (χ1v) is 5.18. The molecule has 0 spiro atoms. The number of rotatable bonds is 6. The molecule has 18 heavy (non-hydrogen) atoms. The maximum absolute atomic E-state index is 10.3. The SMILES string of the molecule is COc1ccc(C(O)CCC(=O)[O-])cc1OC.[Na+]. The van der Waals surface area contributed by atoms with Crippen molar-refractivity contribution in [2.24, 2.45) is 0 Å². The van der Waals surface area contributed by atoms with Crippen molar-refractivity contribution >= 4 is 5.97 Å². The number of hydrogen-bond donors (Lipinski definition) is 1. The Labute approximate surface area is 128 Å². The van der Waals surface area contributed by atoms with Crippen LogP contribution in [-0.4, -0.2) is 25.3 Å². The Morgan fingerprint density at radius 1 is 1.33 bits per heavy atom. The van der Waals surface area contributed by atoms with E-state index in [1.165, 1.54) is 14.2 Å². The largest absolute Gasteiger partial charge is 1.00 e. The van der Waals surface area contributed by atoms with Gasteiger partial charge in [0, 0.05) is 5.97 Å². The molecule has 94 valence electrons. The minimum Gasteiger partial charge on any atom is -0.550 e. The van der Waals surface area contributed by atoms with Crippen molar-refractivity contribution in [1.82, 2.24) is 0 Å². The van der Waals surface area contributed by atoms with Crippen molar-refractivity contribution in [1.29, 1.82) is 0 Å². The third-order valence-electron chi connectivity index (χ3n) is 2.41. The maximum atomic E-state index is 10.3. The molecule has 1 rings (SSSR count). The number of carbonyl (C=O) groups excluding carboxylic acids is 1. The van der Waals surface area contributed by atoms with E-state index >= 15 is 0 Å². The average Bonchev–Trinajstić information content (AvgIpc) is 2.34. The number of carboxylic acids is 1. The Morgan fingerprint density at radius 2 is 1.94 bits per heavy atom. The smallest absolute Gasteiger partial charge is 0.550 e. The van der Waals surface area contributed by atoms with Gasteiger partial charge in [0.05, 0.1) is 20.3 Å². The van der Waals surface area contributed by atoms with Crippen molar-refractivity contribution in [3.05, 3.63) is 23.8 Å². The van der Waals surface area contributed by atoms with Gasteiger partial charge in [-0.2, -0.15) is 0 Å². The van der Waals surface area contributed by atoms with Gasteiger partial charge in [-0.1, -0.05) is 6.07 Å². The molecule has 0 aliphatic heterocycles. The number of aliphatic carboxylic acids is 1. The van der Waals surface area contributed by atoms with E-state index in [9.17, 15) is 15.0 Å². The fourth-order valence-electron chi connectivity index (χ4n) is 1.48. The van der Waals surface area contributed by atoms with Crippen LogP contribution in [0.1, 0.15) is 24.5 Å². The molecule has 0 aliphatic rings. The molecule has 0 aliphatic carbocycles. The van der Waals surface area contributed by atoms with Crippen LogP contribution in [0.2, 0.25) is 0 Å². The summed E-state index contributed by atoms with van der Waals surface area (Å²) >= 11 is 0. The Kier molecular flexibility index (Phi) is 8.02. The van der Waals surface area contributed by atoms with E-state index < -0.39 is 12.1 Å². The second-order valence-corrected chi connectivity index (χ2v) is 3.54. The summed E-state index contributed by atoms with van der Waals surface area (Å²) in [5.41, 5.74) is 0.587. The van der Waals surface area contributed by atoms with Crippen LogP contribution in [0.3, 0.4) is 0 Å². The molecule has 6 heteroatoms. The molecule has 0 saturated heterocycles. The van der Waals surface area contributed by atoms with Gasteiger partial charge in [-0.3, -0.25) is 0 Å². The summed E-state index contributed by atoms with van der Waals surface area (Å²) in [6.45, 7) is 0. The summed E-state index contributed by atoms with van der Waals surface area (Å²) in [5.74, 6) is -0.120. The number of ether oxygens (including phenoxy) is 2. The standard InChI is InChI=1S/C12H16O5.Na/c1-16-10-5-3-8(7-11(10)17-2)9(13)4-6-12(14)15;/h3,5,7,9,13H,4,6H2,1-2H3,(H,14,15);/q;+1/p-1. The van der Waals surface area contributed by atoms with Crippen LogP contribution in [-0.2, 0) is 4.79 Å². The topological polar surface area (TPSA) is 78.8 Å². The first-order chi connectivity index (χ1) is 8.08. The third-order valence-corrected chi connectivity index (χ3v) is 2.41. The van der Waals surface area contributed by atoms with Crippen molar-refractivity contribution in [2.75, 3.05) is 14.2 Å². The summed E-state index contributed by atoms with van der Waals surface area (Å²) < 4.78 is 10.1. The minimum absolute atomic E-state index is 0. The number of carbonyl (C=O) groups is 1. The predicted octanol–water partition coefficient (Wildman–Crippen LogP) is -2.73. The van der Waals surface area contributed by atoms with Gasteiger partial charge in [0.2, 0.25) is 0 Å².